The largest absolute Gasteiger partial charge is 0.433 e. The lowest BCUT2D eigenvalue weighted by atomic mass is 10.1. The van der Waals surface area contributed by atoms with Gasteiger partial charge in [0.15, 0.2) is 5.78 Å². The van der Waals surface area contributed by atoms with Crippen LogP contribution >= 0.6 is 11.6 Å². The molecule has 1 heterocycles. The average molecular weight is 238 g/mol. The van der Waals surface area contributed by atoms with Crippen LogP contribution in [0.1, 0.15) is 28.7 Å². The molecule has 0 aliphatic rings. The maximum absolute atomic E-state index is 12.3. The van der Waals surface area contributed by atoms with Crippen LogP contribution in [0.2, 0.25) is 0 Å². The molecule has 0 saturated heterocycles. The van der Waals surface area contributed by atoms with Crippen molar-refractivity contribution in [2.45, 2.75) is 19.0 Å². The molecule has 82 valence electrons. The van der Waals surface area contributed by atoms with Gasteiger partial charge in [0.25, 0.3) is 0 Å². The minimum atomic E-state index is -4.56. The third-order valence-corrected chi connectivity index (χ3v) is 1.99. The molecule has 0 saturated carbocycles. The molecule has 0 aliphatic carbocycles. The molecule has 0 amide bonds. The minimum absolute atomic E-state index is 0.0343. The van der Waals surface area contributed by atoms with Gasteiger partial charge in [-0.25, -0.2) is 4.98 Å². The van der Waals surface area contributed by atoms with E-state index in [0.29, 0.717) is 0 Å². The van der Waals surface area contributed by atoms with E-state index in [1.54, 1.807) is 0 Å². The number of hydrogen-bond acceptors (Lipinski definition) is 2. The molecule has 0 N–H and O–H groups in total. The third kappa shape index (κ3) is 2.92. The number of pyridine rings is 1. The predicted molar refractivity (Wildman–Crippen MR) is 48.8 cm³/mol. The van der Waals surface area contributed by atoms with Crippen LogP contribution in [0, 0.1) is 0 Å². The number of halogens is 4. The van der Waals surface area contributed by atoms with E-state index >= 15 is 0 Å². The Hall–Kier alpha value is -1.10. The summed E-state index contributed by atoms with van der Waals surface area (Å²) in [5.74, 6) is -0.612. The predicted octanol–water partition coefficient (Wildman–Crippen LogP) is 3.04. The summed E-state index contributed by atoms with van der Waals surface area (Å²) in [7, 11) is 0. The van der Waals surface area contributed by atoms with E-state index in [1.807, 2.05) is 0 Å². The molecule has 1 aromatic rings. The highest BCUT2D eigenvalue weighted by Gasteiger charge is 2.33. The van der Waals surface area contributed by atoms with Crippen molar-refractivity contribution in [2.24, 2.45) is 0 Å². The number of carbonyl (C=O) groups is 1. The van der Waals surface area contributed by atoms with E-state index in [-0.39, 0.29) is 17.1 Å². The van der Waals surface area contributed by atoms with Crippen molar-refractivity contribution in [3.63, 3.8) is 0 Å². The molecule has 0 spiro atoms. The first-order valence-electron chi connectivity index (χ1n) is 3.99. The van der Waals surface area contributed by atoms with E-state index in [9.17, 15) is 18.0 Å². The number of ketones is 1. The fourth-order valence-electron chi connectivity index (χ4n) is 1.00. The van der Waals surface area contributed by atoms with Crippen molar-refractivity contribution in [1.29, 1.82) is 0 Å². The summed E-state index contributed by atoms with van der Waals surface area (Å²) in [6.07, 6.45) is -4.56. The first-order chi connectivity index (χ1) is 6.84. The zero-order chi connectivity index (χ0) is 11.6. The van der Waals surface area contributed by atoms with Crippen LogP contribution in [0.5, 0.6) is 0 Å². The summed E-state index contributed by atoms with van der Waals surface area (Å²) in [4.78, 5) is 14.3. The van der Waals surface area contributed by atoms with Crippen molar-refractivity contribution < 1.29 is 18.0 Å². The molecular weight excluding hydrogens is 231 g/mol. The van der Waals surface area contributed by atoms with E-state index in [0.717, 1.165) is 6.07 Å². The summed E-state index contributed by atoms with van der Waals surface area (Å²) in [5, 5.41) is 0. The van der Waals surface area contributed by atoms with Crippen LogP contribution in [0.4, 0.5) is 13.2 Å². The summed E-state index contributed by atoms with van der Waals surface area (Å²) in [5.41, 5.74) is -1.09. The van der Waals surface area contributed by atoms with Crippen LogP contribution < -0.4 is 0 Å². The molecule has 0 aromatic carbocycles. The topological polar surface area (TPSA) is 30.0 Å². The van der Waals surface area contributed by atoms with Gasteiger partial charge in [-0.1, -0.05) is 0 Å². The second-order valence-corrected chi connectivity index (χ2v) is 3.19. The first kappa shape index (κ1) is 12.0. The number of carbonyl (C=O) groups excluding carboxylic acids is 1. The monoisotopic (exact) mass is 237 g/mol. The second-order valence-electron chi connectivity index (χ2n) is 2.92. The Morgan fingerprint density at radius 3 is 2.47 bits per heavy atom. The lowest BCUT2D eigenvalue weighted by Crippen LogP contribution is -2.11. The van der Waals surface area contributed by atoms with Gasteiger partial charge in [-0.15, -0.1) is 11.6 Å². The van der Waals surface area contributed by atoms with Gasteiger partial charge in [0.1, 0.15) is 5.69 Å². The third-order valence-electron chi connectivity index (χ3n) is 1.71. The van der Waals surface area contributed by atoms with E-state index in [4.69, 9.17) is 11.6 Å². The standard InChI is InChI=1S/C9H7ClF3NO/c1-5(15)6-2-7(4-10)14-8(3-6)9(11,12)13/h2-3H,4H2,1H3. The smallest absolute Gasteiger partial charge is 0.295 e. The van der Waals surface area contributed by atoms with Crippen molar-refractivity contribution in [1.82, 2.24) is 4.98 Å². The Bertz CT molecular complexity index is 389. The molecule has 0 atom stereocenters. The Morgan fingerprint density at radius 1 is 1.47 bits per heavy atom. The summed E-state index contributed by atoms with van der Waals surface area (Å²) in [6, 6.07) is 1.98. The molecule has 0 aliphatic heterocycles. The number of nitrogens with zero attached hydrogens (tertiary/aromatic N) is 1. The summed E-state index contributed by atoms with van der Waals surface area (Å²) < 4.78 is 37.0. The van der Waals surface area contributed by atoms with Gasteiger partial charge in [-0.05, 0) is 19.1 Å². The molecule has 6 heteroatoms. The van der Waals surface area contributed by atoms with E-state index in [2.05, 4.69) is 4.98 Å². The highest BCUT2D eigenvalue weighted by atomic mass is 35.5. The molecule has 1 rings (SSSR count). The van der Waals surface area contributed by atoms with Crippen LogP contribution in [-0.4, -0.2) is 10.8 Å². The molecular formula is C9H7ClF3NO. The number of alkyl halides is 4. The first-order valence-corrected chi connectivity index (χ1v) is 4.53. The van der Waals surface area contributed by atoms with E-state index < -0.39 is 17.7 Å². The highest BCUT2D eigenvalue weighted by molar-refractivity contribution is 6.17. The Balaban J connectivity index is 3.30. The quantitative estimate of drug-likeness (QED) is 0.585. The number of aromatic nitrogens is 1. The minimum Gasteiger partial charge on any atom is -0.295 e. The van der Waals surface area contributed by atoms with Crippen LogP contribution in [0.25, 0.3) is 0 Å². The number of hydrogen-bond donors (Lipinski definition) is 0. The van der Waals surface area contributed by atoms with Gasteiger partial charge >= 0.3 is 6.18 Å². The average Bonchev–Trinajstić information content (AvgIpc) is 2.15. The van der Waals surface area contributed by atoms with E-state index in [1.165, 1.54) is 13.0 Å². The second kappa shape index (κ2) is 4.18. The lowest BCUT2D eigenvalue weighted by Gasteiger charge is -2.08. The van der Waals surface area contributed by atoms with Gasteiger partial charge < -0.3 is 0 Å². The van der Waals surface area contributed by atoms with Gasteiger partial charge in [-0.2, -0.15) is 13.2 Å². The fraction of sp³-hybridized carbons (Fsp3) is 0.333. The summed E-state index contributed by atoms with van der Waals surface area (Å²) >= 11 is 5.38. The van der Waals surface area contributed by atoms with Crippen molar-refractivity contribution in [3.8, 4) is 0 Å². The SMILES string of the molecule is CC(=O)c1cc(CCl)nc(C(F)(F)F)c1. The van der Waals surface area contributed by atoms with Gasteiger partial charge in [-0.3, -0.25) is 4.79 Å². The fourth-order valence-corrected chi connectivity index (χ4v) is 1.14. The lowest BCUT2D eigenvalue weighted by molar-refractivity contribution is -0.141. The van der Waals surface area contributed by atoms with Crippen molar-refractivity contribution >= 4 is 17.4 Å². The molecule has 0 fully saturated rings. The normalized spacial score (nSPS) is 11.5. The molecule has 1 aromatic heterocycles. The van der Waals surface area contributed by atoms with Gasteiger partial charge in [0.2, 0.25) is 0 Å². The molecule has 0 bridgehead atoms. The Kier molecular flexibility index (Phi) is 3.34. The van der Waals surface area contributed by atoms with Crippen LogP contribution in [0.15, 0.2) is 12.1 Å². The molecule has 2 nitrogen and oxygen atoms in total. The van der Waals surface area contributed by atoms with Crippen LogP contribution in [0.3, 0.4) is 0 Å². The van der Waals surface area contributed by atoms with Gasteiger partial charge in [0, 0.05) is 5.56 Å². The molecule has 0 radical (unpaired) electrons. The maximum Gasteiger partial charge on any atom is 0.433 e. The highest BCUT2D eigenvalue weighted by Crippen LogP contribution is 2.28. The summed E-state index contributed by atoms with van der Waals surface area (Å²) in [6.45, 7) is 1.19. The van der Waals surface area contributed by atoms with Crippen LogP contribution in [-0.2, 0) is 12.1 Å². The van der Waals surface area contributed by atoms with Gasteiger partial charge in [0.05, 0.1) is 11.6 Å². The zero-order valence-corrected chi connectivity index (χ0v) is 8.49. The van der Waals surface area contributed by atoms with Crippen molar-refractivity contribution in [3.05, 3.63) is 29.1 Å². The zero-order valence-electron chi connectivity index (χ0n) is 7.73. The molecule has 0 unspecified atom stereocenters. The maximum atomic E-state index is 12.3. The Morgan fingerprint density at radius 2 is 2.07 bits per heavy atom. The number of rotatable bonds is 2. The Labute approximate surface area is 89.1 Å². The number of Topliss-reactive ketones (excluding diaryl/α,β-unsaturated/α-hetero) is 1. The van der Waals surface area contributed by atoms with Crippen molar-refractivity contribution in [2.75, 3.05) is 0 Å². The molecule has 15 heavy (non-hydrogen) atoms.